The van der Waals surface area contributed by atoms with Crippen LogP contribution in [0.2, 0.25) is 0 Å². The topological polar surface area (TPSA) is 82.6 Å². The Balaban J connectivity index is 1.86. The standard InChI is InChI=1S/C11H18N4O3S2/c1-14(20(2,17)18)9-3-6-15(7-4-9)11(16)13-10-12-5-8-19-10/h5,8-9H,3-4,6-7H2,1-2H3,(H,12,13,16). The molecule has 0 saturated carbocycles. The number of carbonyl (C=O) groups is 1. The largest absolute Gasteiger partial charge is 0.324 e. The number of likely N-dealkylation sites (tertiary alicyclic amines) is 1. The highest BCUT2D eigenvalue weighted by Gasteiger charge is 2.29. The van der Waals surface area contributed by atoms with E-state index in [1.807, 2.05) is 0 Å². The van der Waals surface area contributed by atoms with Crippen LogP contribution in [-0.2, 0) is 10.0 Å². The summed E-state index contributed by atoms with van der Waals surface area (Å²) >= 11 is 1.37. The zero-order chi connectivity index (χ0) is 14.8. The van der Waals surface area contributed by atoms with Crippen molar-refractivity contribution in [3.63, 3.8) is 0 Å². The Morgan fingerprint density at radius 3 is 2.65 bits per heavy atom. The SMILES string of the molecule is CN(C1CCN(C(=O)Nc2nccs2)CC1)S(C)(=O)=O. The van der Waals surface area contributed by atoms with Crippen molar-refractivity contribution in [2.45, 2.75) is 18.9 Å². The number of nitrogens with one attached hydrogen (secondary N) is 1. The quantitative estimate of drug-likeness (QED) is 0.902. The molecule has 0 radical (unpaired) electrons. The minimum atomic E-state index is -3.18. The van der Waals surface area contributed by atoms with Crippen molar-refractivity contribution in [3.8, 4) is 0 Å². The summed E-state index contributed by atoms with van der Waals surface area (Å²) in [4.78, 5) is 17.7. The lowest BCUT2D eigenvalue weighted by Crippen LogP contribution is -2.48. The van der Waals surface area contributed by atoms with Gasteiger partial charge in [0.05, 0.1) is 6.26 Å². The molecule has 7 nitrogen and oxygen atoms in total. The normalized spacial score (nSPS) is 17.4. The molecule has 2 amide bonds. The molecule has 9 heteroatoms. The maximum atomic E-state index is 12.0. The average molecular weight is 318 g/mol. The van der Waals surface area contributed by atoms with Crippen LogP contribution in [0.15, 0.2) is 11.6 Å². The van der Waals surface area contributed by atoms with Gasteiger partial charge in [0, 0.05) is 37.8 Å². The molecule has 0 atom stereocenters. The van der Waals surface area contributed by atoms with Crippen molar-refractivity contribution in [2.75, 3.05) is 31.7 Å². The van der Waals surface area contributed by atoms with Crippen LogP contribution in [0.4, 0.5) is 9.93 Å². The van der Waals surface area contributed by atoms with Crippen LogP contribution in [-0.4, -0.2) is 61.1 Å². The Bertz CT molecular complexity index is 550. The Kier molecular flexibility index (Phi) is 4.61. The van der Waals surface area contributed by atoms with E-state index in [4.69, 9.17) is 0 Å². The van der Waals surface area contributed by atoms with Crippen LogP contribution in [0.1, 0.15) is 12.8 Å². The van der Waals surface area contributed by atoms with Crippen LogP contribution >= 0.6 is 11.3 Å². The maximum absolute atomic E-state index is 12.0. The molecule has 1 aromatic rings. The number of carbonyl (C=O) groups excluding carboxylic acids is 1. The molecule has 2 heterocycles. The van der Waals surface area contributed by atoms with Gasteiger partial charge < -0.3 is 4.90 Å². The molecule has 0 spiro atoms. The van der Waals surface area contributed by atoms with E-state index in [9.17, 15) is 13.2 Å². The van der Waals surface area contributed by atoms with Crippen molar-refractivity contribution in [3.05, 3.63) is 11.6 Å². The summed E-state index contributed by atoms with van der Waals surface area (Å²) in [6.45, 7) is 1.09. The number of amides is 2. The van der Waals surface area contributed by atoms with E-state index in [0.29, 0.717) is 31.1 Å². The van der Waals surface area contributed by atoms with E-state index in [0.717, 1.165) is 0 Å². The van der Waals surface area contributed by atoms with Crippen molar-refractivity contribution < 1.29 is 13.2 Å². The third-order valence-electron chi connectivity index (χ3n) is 3.44. The molecule has 2 rings (SSSR count). The molecule has 0 bridgehead atoms. The second-order valence-electron chi connectivity index (χ2n) is 4.76. The first-order valence-corrected chi connectivity index (χ1v) is 8.99. The summed E-state index contributed by atoms with van der Waals surface area (Å²) < 4.78 is 24.4. The Hall–Kier alpha value is -1.19. The summed E-state index contributed by atoms with van der Waals surface area (Å²) in [5, 5.41) is 5.10. The van der Waals surface area contributed by atoms with Crippen molar-refractivity contribution in [1.82, 2.24) is 14.2 Å². The van der Waals surface area contributed by atoms with Crippen molar-refractivity contribution in [1.29, 1.82) is 0 Å². The number of sulfonamides is 1. The molecular formula is C11H18N4O3S2. The lowest BCUT2D eigenvalue weighted by molar-refractivity contribution is 0.175. The van der Waals surface area contributed by atoms with Crippen LogP contribution in [0.25, 0.3) is 0 Å². The van der Waals surface area contributed by atoms with Gasteiger partial charge in [-0.15, -0.1) is 11.3 Å². The van der Waals surface area contributed by atoms with Gasteiger partial charge in [-0.3, -0.25) is 5.32 Å². The smallest absolute Gasteiger partial charge is 0.323 e. The third-order valence-corrected chi connectivity index (χ3v) is 5.47. The molecule has 0 aromatic carbocycles. The first kappa shape index (κ1) is 15.2. The minimum Gasteiger partial charge on any atom is -0.324 e. The molecule has 0 aliphatic carbocycles. The van der Waals surface area contributed by atoms with E-state index >= 15 is 0 Å². The van der Waals surface area contributed by atoms with Crippen LogP contribution in [0.3, 0.4) is 0 Å². The number of hydrogen-bond acceptors (Lipinski definition) is 5. The fourth-order valence-corrected chi connectivity index (χ4v) is 3.43. The zero-order valence-electron chi connectivity index (χ0n) is 11.4. The second kappa shape index (κ2) is 6.06. The molecule has 1 aromatic heterocycles. The van der Waals surface area contributed by atoms with E-state index in [2.05, 4.69) is 10.3 Å². The van der Waals surface area contributed by atoms with Crippen molar-refractivity contribution >= 4 is 32.5 Å². The summed E-state index contributed by atoms with van der Waals surface area (Å²) in [6, 6.07) is -0.214. The van der Waals surface area contributed by atoms with Crippen LogP contribution in [0, 0.1) is 0 Å². The van der Waals surface area contributed by atoms with Crippen LogP contribution < -0.4 is 5.32 Å². The highest BCUT2D eigenvalue weighted by atomic mass is 32.2. The molecular weight excluding hydrogens is 300 g/mol. The molecule has 1 aliphatic rings. The first-order valence-electron chi connectivity index (χ1n) is 6.26. The van der Waals surface area contributed by atoms with Gasteiger partial charge in [0.1, 0.15) is 0 Å². The zero-order valence-corrected chi connectivity index (χ0v) is 13.1. The Labute approximate surface area is 122 Å². The number of piperidine rings is 1. The highest BCUT2D eigenvalue weighted by molar-refractivity contribution is 7.88. The number of rotatable bonds is 3. The monoisotopic (exact) mass is 318 g/mol. The Morgan fingerprint density at radius 2 is 2.15 bits per heavy atom. The predicted octanol–water partition coefficient (Wildman–Crippen LogP) is 1.03. The van der Waals surface area contributed by atoms with Gasteiger partial charge in [-0.2, -0.15) is 0 Å². The van der Waals surface area contributed by atoms with Crippen LogP contribution in [0.5, 0.6) is 0 Å². The van der Waals surface area contributed by atoms with Gasteiger partial charge in [0.25, 0.3) is 0 Å². The highest BCUT2D eigenvalue weighted by Crippen LogP contribution is 2.19. The fraction of sp³-hybridized carbons (Fsp3) is 0.636. The van der Waals surface area contributed by atoms with Gasteiger partial charge in [0.15, 0.2) is 5.13 Å². The summed E-state index contributed by atoms with van der Waals surface area (Å²) in [7, 11) is -1.59. The maximum Gasteiger partial charge on any atom is 0.323 e. The summed E-state index contributed by atoms with van der Waals surface area (Å²) in [6.07, 6.45) is 4.13. The second-order valence-corrected chi connectivity index (χ2v) is 7.70. The van der Waals surface area contributed by atoms with Crippen molar-refractivity contribution in [2.24, 2.45) is 0 Å². The molecule has 112 valence electrons. The average Bonchev–Trinajstić information content (AvgIpc) is 2.90. The molecule has 0 unspecified atom stereocenters. The van der Waals surface area contributed by atoms with Gasteiger partial charge >= 0.3 is 6.03 Å². The molecule has 20 heavy (non-hydrogen) atoms. The van der Waals surface area contributed by atoms with Gasteiger partial charge in [-0.1, -0.05) is 0 Å². The first-order chi connectivity index (χ1) is 9.38. The molecule has 1 saturated heterocycles. The lowest BCUT2D eigenvalue weighted by Gasteiger charge is -2.35. The van der Waals surface area contributed by atoms with E-state index in [-0.39, 0.29) is 12.1 Å². The number of nitrogens with zero attached hydrogens (tertiary/aromatic N) is 3. The minimum absolute atomic E-state index is 0.0334. The number of hydrogen-bond donors (Lipinski definition) is 1. The van der Waals surface area contributed by atoms with E-state index in [1.54, 1.807) is 23.5 Å². The number of urea groups is 1. The lowest BCUT2D eigenvalue weighted by atomic mass is 10.1. The third kappa shape index (κ3) is 3.68. The van der Waals surface area contributed by atoms with Gasteiger partial charge in [-0.05, 0) is 12.8 Å². The van der Waals surface area contributed by atoms with Gasteiger partial charge in [0.2, 0.25) is 10.0 Å². The molecule has 1 aliphatic heterocycles. The number of aromatic nitrogens is 1. The van der Waals surface area contributed by atoms with E-state index in [1.165, 1.54) is 21.9 Å². The molecule has 1 fully saturated rings. The summed E-state index contributed by atoms with van der Waals surface area (Å²) in [5.41, 5.74) is 0. The number of thiazole rings is 1. The Morgan fingerprint density at radius 1 is 1.50 bits per heavy atom. The van der Waals surface area contributed by atoms with E-state index < -0.39 is 10.0 Å². The predicted molar refractivity (Wildman–Crippen MR) is 78.3 cm³/mol. The molecule has 1 N–H and O–H groups in total. The van der Waals surface area contributed by atoms with Gasteiger partial charge in [-0.25, -0.2) is 22.5 Å². The fourth-order valence-electron chi connectivity index (χ4n) is 2.16. The number of anilines is 1. The summed E-state index contributed by atoms with van der Waals surface area (Å²) in [5.74, 6) is 0.